The first-order valence-electron chi connectivity index (χ1n) is 9.04. The minimum absolute atomic E-state index is 1.19. The lowest BCUT2D eigenvalue weighted by atomic mass is 9.81. The van der Waals surface area contributed by atoms with Crippen molar-refractivity contribution in [1.82, 2.24) is 4.90 Å². The number of nitrogens with zero attached hydrogens (tertiary/aromatic N) is 1. The fourth-order valence-corrected chi connectivity index (χ4v) is 4.19. The van der Waals surface area contributed by atoms with Crippen LogP contribution in [-0.2, 0) is 32.2 Å². The fraction of sp³-hybridized carbons (Fsp3) is 0.700. The van der Waals surface area contributed by atoms with E-state index in [0.717, 1.165) is 0 Å². The lowest BCUT2D eigenvalue weighted by Gasteiger charge is -2.34. The van der Waals surface area contributed by atoms with E-state index in [2.05, 4.69) is 39.5 Å². The largest absolute Gasteiger partial charge is 0.299 e. The average molecular weight is 287 g/mol. The van der Waals surface area contributed by atoms with Gasteiger partial charge in [0.2, 0.25) is 0 Å². The van der Waals surface area contributed by atoms with Gasteiger partial charge in [0.25, 0.3) is 0 Å². The number of hydrogen-bond acceptors (Lipinski definition) is 1. The third-order valence-corrected chi connectivity index (χ3v) is 5.31. The van der Waals surface area contributed by atoms with Gasteiger partial charge in [0.15, 0.2) is 0 Å². The third kappa shape index (κ3) is 3.18. The maximum Gasteiger partial charge on any atom is 0.0239 e. The molecule has 0 atom stereocenters. The van der Waals surface area contributed by atoms with Gasteiger partial charge in [-0.25, -0.2) is 0 Å². The van der Waals surface area contributed by atoms with E-state index in [0.29, 0.717) is 0 Å². The second kappa shape index (κ2) is 7.45. The molecule has 118 valence electrons. The molecular formula is C20H33N. The second-order valence-electron chi connectivity index (χ2n) is 6.46. The third-order valence-electron chi connectivity index (χ3n) is 5.31. The van der Waals surface area contributed by atoms with Crippen LogP contribution in [0.3, 0.4) is 0 Å². The van der Waals surface area contributed by atoms with Crippen LogP contribution in [0.1, 0.15) is 73.9 Å². The molecule has 0 spiro atoms. The Morgan fingerprint density at radius 1 is 0.857 bits per heavy atom. The Morgan fingerprint density at radius 3 is 2.10 bits per heavy atom. The van der Waals surface area contributed by atoms with Crippen molar-refractivity contribution < 1.29 is 0 Å². The molecule has 0 aromatic heterocycles. The van der Waals surface area contributed by atoms with E-state index < -0.39 is 0 Å². The first-order valence-corrected chi connectivity index (χ1v) is 9.04. The molecule has 0 aliphatic carbocycles. The van der Waals surface area contributed by atoms with Crippen molar-refractivity contribution in [1.29, 1.82) is 0 Å². The molecule has 1 nitrogen and oxygen atoms in total. The maximum atomic E-state index is 2.68. The van der Waals surface area contributed by atoms with Gasteiger partial charge in [0.1, 0.15) is 0 Å². The summed E-state index contributed by atoms with van der Waals surface area (Å²) in [6.07, 6.45) is 7.47. The van der Waals surface area contributed by atoms with Crippen LogP contribution in [0.15, 0.2) is 0 Å². The van der Waals surface area contributed by atoms with E-state index >= 15 is 0 Å². The normalized spacial score (nSPS) is 15.3. The zero-order valence-corrected chi connectivity index (χ0v) is 14.8. The van der Waals surface area contributed by atoms with Crippen LogP contribution in [0.25, 0.3) is 0 Å². The van der Waals surface area contributed by atoms with Gasteiger partial charge in [0.05, 0.1) is 0 Å². The van der Waals surface area contributed by atoms with Crippen molar-refractivity contribution in [3.8, 4) is 0 Å². The van der Waals surface area contributed by atoms with Crippen LogP contribution >= 0.6 is 0 Å². The van der Waals surface area contributed by atoms with Gasteiger partial charge < -0.3 is 0 Å². The van der Waals surface area contributed by atoms with Crippen molar-refractivity contribution in [3.63, 3.8) is 0 Å². The van der Waals surface area contributed by atoms with Gasteiger partial charge in [-0.2, -0.15) is 0 Å². The Labute approximate surface area is 131 Å². The second-order valence-corrected chi connectivity index (χ2v) is 6.46. The fourth-order valence-electron chi connectivity index (χ4n) is 4.19. The van der Waals surface area contributed by atoms with Gasteiger partial charge >= 0.3 is 0 Å². The molecule has 1 heterocycles. The summed E-state index contributed by atoms with van der Waals surface area (Å²) in [5, 5.41) is 0. The summed E-state index contributed by atoms with van der Waals surface area (Å²) in [5.74, 6) is 0. The monoisotopic (exact) mass is 287 g/mol. The van der Waals surface area contributed by atoms with E-state index in [1.807, 2.05) is 0 Å². The highest BCUT2D eigenvalue weighted by Gasteiger charge is 2.24. The number of unbranched alkanes of at least 4 members (excludes halogenated alkanes) is 1. The summed E-state index contributed by atoms with van der Waals surface area (Å²) >= 11 is 0. The van der Waals surface area contributed by atoms with E-state index in [1.54, 1.807) is 33.4 Å². The van der Waals surface area contributed by atoms with E-state index in [-0.39, 0.29) is 0 Å². The molecule has 1 aliphatic rings. The molecule has 0 amide bonds. The summed E-state index contributed by atoms with van der Waals surface area (Å²) in [6, 6.07) is 0. The van der Waals surface area contributed by atoms with E-state index in [1.165, 1.54) is 58.2 Å². The molecule has 0 saturated carbocycles. The molecule has 21 heavy (non-hydrogen) atoms. The lowest BCUT2D eigenvalue weighted by Crippen LogP contribution is -2.33. The molecule has 1 aromatic rings. The van der Waals surface area contributed by atoms with E-state index in [9.17, 15) is 0 Å². The van der Waals surface area contributed by atoms with E-state index in [4.69, 9.17) is 0 Å². The molecule has 0 saturated heterocycles. The lowest BCUT2D eigenvalue weighted by molar-refractivity contribution is 0.249. The number of hydrogen-bond donors (Lipinski definition) is 0. The van der Waals surface area contributed by atoms with Crippen LogP contribution in [0.4, 0.5) is 0 Å². The molecule has 0 unspecified atom stereocenters. The van der Waals surface area contributed by atoms with Crippen LogP contribution in [0.5, 0.6) is 0 Å². The Kier molecular flexibility index (Phi) is 5.87. The predicted octanol–water partition coefficient (Wildman–Crippen LogP) is 4.84. The van der Waals surface area contributed by atoms with Gasteiger partial charge in [-0.1, -0.05) is 34.1 Å². The predicted molar refractivity (Wildman–Crippen MR) is 93.2 cm³/mol. The van der Waals surface area contributed by atoms with Crippen LogP contribution in [0, 0.1) is 6.92 Å². The van der Waals surface area contributed by atoms with Crippen LogP contribution in [-0.4, -0.2) is 18.0 Å². The summed E-state index contributed by atoms with van der Waals surface area (Å²) in [7, 11) is 0. The molecule has 0 fully saturated rings. The highest BCUT2D eigenvalue weighted by atomic mass is 15.1. The first-order chi connectivity index (χ1) is 10.2. The highest BCUT2D eigenvalue weighted by molar-refractivity contribution is 5.52. The summed E-state index contributed by atoms with van der Waals surface area (Å²) in [4.78, 5) is 2.68. The zero-order chi connectivity index (χ0) is 15.4. The molecule has 0 bridgehead atoms. The van der Waals surface area contributed by atoms with Crippen LogP contribution < -0.4 is 0 Å². The molecule has 1 aliphatic heterocycles. The molecule has 1 heteroatoms. The van der Waals surface area contributed by atoms with Crippen molar-refractivity contribution >= 4 is 0 Å². The molecular weight excluding hydrogens is 254 g/mol. The SMILES string of the molecule is CCCCN1CCc2c(C)c(CC)c(CC)c(CC)c2C1. The Bertz CT molecular complexity index is 487. The van der Waals surface area contributed by atoms with Gasteiger partial charge in [0, 0.05) is 13.1 Å². The van der Waals surface area contributed by atoms with Crippen molar-refractivity contribution in [2.45, 2.75) is 79.7 Å². The Morgan fingerprint density at radius 2 is 1.52 bits per heavy atom. The quantitative estimate of drug-likeness (QED) is 0.723. The standard InChI is InChI=1S/C20H33N/c1-6-10-12-21-13-11-19-15(5)16(7-2)17(8-3)18(9-4)20(19)14-21/h6-14H2,1-5H3. The summed E-state index contributed by atoms with van der Waals surface area (Å²) in [6.45, 7) is 15.4. The Balaban J connectivity index is 2.45. The number of benzene rings is 1. The summed E-state index contributed by atoms with van der Waals surface area (Å²) in [5.41, 5.74) is 9.97. The van der Waals surface area contributed by atoms with Gasteiger partial charge in [-0.15, -0.1) is 0 Å². The van der Waals surface area contributed by atoms with Crippen LogP contribution in [0.2, 0.25) is 0 Å². The van der Waals surface area contributed by atoms with Gasteiger partial charge in [-0.05, 0) is 79.0 Å². The minimum atomic E-state index is 1.19. The maximum absolute atomic E-state index is 2.68. The molecule has 1 aromatic carbocycles. The first kappa shape index (κ1) is 16.5. The summed E-state index contributed by atoms with van der Waals surface area (Å²) < 4.78 is 0. The number of rotatable bonds is 6. The Hall–Kier alpha value is -0.820. The van der Waals surface area contributed by atoms with Crippen molar-refractivity contribution in [2.24, 2.45) is 0 Å². The zero-order valence-electron chi connectivity index (χ0n) is 14.8. The molecule has 0 radical (unpaired) electrons. The minimum Gasteiger partial charge on any atom is -0.299 e. The smallest absolute Gasteiger partial charge is 0.0239 e. The topological polar surface area (TPSA) is 3.24 Å². The number of fused-ring (bicyclic) bond motifs is 1. The highest BCUT2D eigenvalue weighted by Crippen LogP contribution is 2.33. The molecule has 2 rings (SSSR count). The van der Waals surface area contributed by atoms with Crippen molar-refractivity contribution in [3.05, 3.63) is 33.4 Å². The van der Waals surface area contributed by atoms with Crippen molar-refractivity contribution in [2.75, 3.05) is 13.1 Å². The molecule has 0 N–H and O–H groups in total. The average Bonchev–Trinajstić information content (AvgIpc) is 2.52. The van der Waals surface area contributed by atoms with Gasteiger partial charge in [-0.3, -0.25) is 4.90 Å².